The van der Waals surface area contributed by atoms with Crippen molar-refractivity contribution in [3.63, 3.8) is 0 Å². The Morgan fingerprint density at radius 2 is 2.07 bits per heavy atom. The molecule has 4 nitrogen and oxygen atoms in total. The molecule has 14 heavy (non-hydrogen) atoms. The van der Waals surface area contributed by atoms with Gasteiger partial charge in [-0.1, -0.05) is 13.3 Å². The third-order valence-corrected chi connectivity index (χ3v) is 2.27. The molecule has 0 aromatic carbocycles. The van der Waals surface area contributed by atoms with Crippen molar-refractivity contribution in [3.05, 3.63) is 0 Å². The van der Waals surface area contributed by atoms with Gasteiger partial charge in [0.2, 0.25) is 5.91 Å². The number of likely N-dealkylation sites (N-methyl/N-ethyl adjacent to an activating group) is 2. The van der Waals surface area contributed by atoms with E-state index in [4.69, 9.17) is 5.73 Å². The molecular formula is C10H23N3O. The maximum Gasteiger partial charge on any atom is 0.233 e. The number of nitrogens with two attached hydrogens (primary N) is 1. The highest BCUT2D eigenvalue weighted by Gasteiger charge is 2.06. The van der Waals surface area contributed by atoms with Crippen molar-refractivity contribution >= 4 is 5.91 Å². The maximum absolute atomic E-state index is 11.1. The van der Waals surface area contributed by atoms with Crippen LogP contribution in [0.1, 0.15) is 26.2 Å². The summed E-state index contributed by atoms with van der Waals surface area (Å²) in [5, 5.41) is 2.63. The summed E-state index contributed by atoms with van der Waals surface area (Å²) in [5.74, 6) is 0.0886. The molecule has 0 heterocycles. The maximum atomic E-state index is 11.1. The highest BCUT2D eigenvalue weighted by molar-refractivity contribution is 5.77. The Morgan fingerprint density at radius 1 is 1.36 bits per heavy atom. The molecule has 1 amide bonds. The number of amides is 1. The van der Waals surface area contributed by atoms with Gasteiger partial charge < -0.3 is 11.1 Å². The molecule has 0 bridgehead atoms. The number of nitrogens with zero attached hydrogens (tertiary/aromatic N) is 1. The molecule has 0 saturated heterocycles. The van der Waals surface area contributed by atoms with Crippen molar-refractivity contribution in [2.75, 3.05) is 33.2 Å². The van der Waals surface area contributed by atoms with E-state index in [-0.39, 0.29) is 5.91 Å². The van der Waals surface area contributed by atoms with Gasteiger partial charge in [-0.3, -0.25) is 9.69 Å². The van der Waals surface area contributed by atoms with Gasteiger partial charge in [0.1, 0.15) is 0 Å². The Hall–Kier alpha value is -0.610. The fraction of sp³-hybridized carbons (Fsp3) is 0.900. The minimum atomic E-state index is 0.0886. The van der Waals surface area contributed by atoms with Crippen LogP contribution in [-0.4, -0.2) is 44.0 Å². The first-order chi connectivity index (χ1) is 6.74. The smallest absolute Gasteiger partial charge is 0.233 e. The average Bonchev–Trinajstić information content (AvgIpc) is 2.22. The molecule has 0 saturated carbocycles. The zero-order valence-electron chi connectivity index (χ0n) is 9.38. The van der Waals surface area contributed by atoms with Crippen LogP contribution < -0.4 is 11.1 Å². The standard InChI is InChI=1S/C10H23N3O/c1-3-13(9-10(14)12-2)8-6-4-5-7-11/h3-9,11H2,1-2H3,(H,12,14). The molecule has 0 aromatic heterocycles. The first kappa shape index (κ1) is 13.4. The van der Waals surface area contributed by atoms with Crippen molar-refractivity contribution in [2.24, 2.45) is 5.73 Å². The number of rotatable bonds is 8. The lowest BCUT2D eigenvalue weighted by Crippen LogP contribution is -2.36. The van der Waals surface area contributed by atoms with Crippen LogP contribution in [0.15, 0.2) is 0 Å². The zero-order valence-corrected chi connectivity index (χ0v) is 9.38. The van der Waals surface area contributed by atoms with Gasteiger partial charge >= 0.3 is 0 Å². The van der Waals surface area contributed by atoms with E-state index >= 15 is 0 Å². The monoisotopic (exact) mass is 201 g/mol. The second-order valence-corrected chi connectivity index (χ2v) is 3.39. The molecule has 0 aromatic rings. The van der Waals surface area contributed by atoms with Crippen molar-refractivity contribution in [1.29, 1.82) is 0 Å². The normalized spacial score (nSPS) is 10.6. The quantitative estimate of drug-likeness (QED) is 0.551. The first-order valence-corrected chi connectivity index (χ1v) is 5.37. The number of unbranched alkanes of at least 4 members (excludes halogenated alkanes) is 2. The highest BCUT2D eigenvalue weighted by Crippen LogP contribution is 1.97. The van der Waals surface area contributed by atoms with Crippen LogP contribution in [0.4, 0.5) is 0 Å². The van der Waals surface area contributed by atoms with Crippen LogP contribution in [0.3, 0.4) is 0 Å². The van der Waals surface area contributed by atoms with E-state index in [1.165, 1.54) is 0 Å². The molecular weight excluding hydrogens is 178 g/mol. The molecule has 0 aliphatic carbocycles. The summed E-state index contributed by atoms with van der Waals surface area (Å²) < 4.78 is 0. The van der Waals surface area contributed by atoms with E-state index < -0.39 is 0 Å². The second-order valence-electron chi connectivity index (χ2n) is 3.39. The summed E-state index contributed by atoms with van der Waals surface area (Å²) in [6, 6.07) is 0. The number of carbonyl (C=O) groups excluding carboxylic acids is 1. The fourth-order valence-corrected chi connectivity index (χ4v) is 1.29. The van der Waals surface area contributed by atoms with Crippen molar-refractivity contribution in [1.82, 2.24) is 10.2 Å². The van der Waals surface area contributed by atoms with Gasteiger partial charge in [0, 0.05) is 7.05 Å². The molecule has 0 radical (unpaired) electrons. The first-order valence-electron chi connectivity index (χ1n) is 5.37. The van der Waals surface area contributed by atoms with Gasteiger partial charge in [-0.25, -0.2) is 0 Å². The summed E-state index contributed by atoms with van der Waals surface area (Å²) in [7, 11) is 1.67. The average molecular weight is 201 g/mol. The fourth-order valence-electron chi connectivity index (χ4n) is 1.29. The molecule has 0 unspecified atom stereocenters. The van der Waals surface area contributed by atoms with Crippen LogP contribution in [0.5, 0.6) is 0 Å². The van der Waals surface area contributed by atoms with Gasteiger partial charge in [0.25, 0.3) is 0 Å². The van der Waals surface area contributed by atoms with Crippen molar-refractivity contribution in [3.8, 4) is 0 Å². The Kier molecular flexibility index (Phi) is 8.57. The van der Waals surface area contributed by atoms with E-state index in [0.717, 1.165) is 38.9 Å². The van der Waals surface area contributed by atoms with Gasteiger partial charge in [-0.2, -0.15) is 0 Å². The van der Waals surface area contributed by atoms with Crippen LogP contribution in [0.25, 0.3) is 0 Å². The topological polar surface area (TPSA) is 58.4 Å². The summed E-state index contributed by atoms with van der Waals surface area (Å²) in [5.41, 5.74) is 5.40. The summed E-state index contributed by atoms with van der Waals surface area (Å²) >= 11 is 0. The van der Waals surface area contributed by atoms with E-state index in [2.05, 4.69) is 17.1 Å². The molecule has 4 heteroatoms. The Labute approximate surface area is 86.8 Å². The Bertz CT molecular complexity index is 150. The van der Waals surface area contributed by atoms with Crippen molar-refractivity contribution in [2.45, 2.75) is 26.2 Å². The largest absolute Gasteiger partial charge is 0.358 e. The molecule has 0 aliphatic heterocycles. The van der Waals surface area contributed by atoms with Crippen LogP contribution in [-0.2, 0) is 4.79 Å². The lowest BCUT2D eigenvalue weighted by Gasteiger charge is -2.18. The number of hydrogen-bond acceptors (Lipinski definition) is 3. The van der Waals surface area contributed by atoms with E-state index in [0.29, 0.717) is 6.54 Å². The lowest BCUT2D eigenvalue weighted by atomic mass is 10.2. The third-order valence-electron chi connectivity index (χ3n) is 2.27. The third kappa shape index (κ3) is 6.86. The number of nitrogens with one attached hydrogen (secondary N) is 1. The van der Waals surface area contributed by atoms with Crippen LogP contribution in [0, 0.1) is 0 Å². The zero-order chi connectivity index (χ0) is 10.8. The summed E-state index contributed by atoms with van der Waals surface area (Å²) in [6.07, 6.45) is 3.36. The van der Waals surface area contributed by atoms with E-state index in [9.17, 15) is 4.79 Å². The molecule has 0 rings (SSSR count). The Morgan fingerprint density at radius 3 is 2.57 bits per heavy atom. The molecule has 0 spiro atoms. The molecule has 0 aliphatic rings. The van der Waals surface area contributed by atoms with E-state index in [1.54, 1.807) is 7.05 Å². The predicted octanol–water partition coefficient (Wildman–Crippen LogP) is 0.183. The van der Waals surface area contributed by atoms with Crippen LogP contribution in [0.2, 0.25) is 0 Å². The van der Waals surface area contributed by atoms with Gasteiger partial charge in [0.05, 0.1) is 6.54 Å². The molecule has 84 valence electrons. The number of hydrogen-bond donors (Lipinski definition) is 2. The minimum absolute atomic E-state index is 0.0886. The van der Waals surface area contributed by atoms with Gasteiger partial charge in [-0.05, 0) is 32.5 Å². The summed E-state index contributed by atoms with van der Waals surface area (Å²) in [4.78, 5) is 13.2. The molecule has 0 fully saturated rings. The van der Waals surface area contributed by atoms with Gasteiger partial charge in [-0.15, -0.1) is 0 Å². The van der Waals surface area contributed by atoms with E-state index in [1.807, 2.05) is 0 Å². The SMILES string of the molecule is CCN(CCCCCN)CC(=O)NC. The minimum Gasteiger partial charge on any atom is -0.358 e. The lowest BCUT2D eigenvalue weighted by molar-refractivity contribution is -0.121. The van der Waals surface area contributed by atoms with Crippen LogP contribution >= 0.6 is 0 Å². The van der Waals surface area contributed by atoms with Gasteiger partial charge in [0.15, 0.2) is 0 Å². The molecule has 0 atom stereocenters. The summed E-state index contributed by atoms with van der Waals surface area (Å²) in [6.45, 7) is 5.27. The second kappa shape index (κ2) is 8.97. The predicted molar refractivity (Wildman–Crippen MR) is 59.1 cm³/mol. The number of carbonyl (C=O) groups is 1. The highest BCUT2D eigenvalue weighted by atomic mass is 16.1. The van der Waals surface area contributed by atoms with Crippen molar-refractivity contribution < 1.29 is 4.79 Å². The molecule has 3 N–H and O–H groups in total. The Balaban J connectivity index is 3.52.